The van der Waals surface area contributed by atoms with Gasteiger partial charge in [0, 0.05) is 11.4 Å². The van der Waals surface area contributed by atoms with Crippen LogP contribution < -0.4 is 4.74 Å². The summed E-state index contributed by atoms with van der Waals surface area (Å²) in [6, 6.07) is 8.50. The van der Waals surface area contributed by atoms with Gasteiger partial charge in [0.05, 0.1) is 26.1 Å². The molecular formula is C20H26ClO7P. The molecule has 1 aromatic carbocycles. The third-order valence-corrected chi connectivity index (χ3v) is 6.26. The van der Waals surface area contributed by atoms with E-state index in [1.165, 1.54) is 6.26 Å². The van der Waals surface area contributed by atoms with Crippen molar-refractivity contribution >= 4 is 25.2 Å². The molecule has 160 valence electrons. The van der Waals surface area contributed by atoms with E-state index in [1.807, 2.05) is 6.92 Å². The van der Waals surface area contributed by atoms with Gasteiger partial charge in [0.1, 0.15) is 5.75 Å². The molecule has 0 spiro atoms. The molecule has 1 heterocycles. The number of aryl methyl sites for hydroxylation is 1. The second-order valence-corrected chi connectivity index (χ2v) is 8.60. The number of hydrogen-bond acceptors (Lipinski definition) is 7. The zero-order valence-electron chi connectivity index (χ0n) is 16.8. The molecule has 1 aromatic heterocycles. The van der Waals surface area contributed by atoms with E-state index in [-0.39, 0.29) is 25.4 Å². The van der Waals surface area contributed by atoms with E-state index in [1.54, 1.807) is 44.2 Å². The molecule has 0 aliphatic heterocycles. The molecule has 0 saturated carbocycles. The Bertz CT molecular complexity index is 812. The average molecular weight is 445 g/mol. The highest BCUT2D eigenvalue weighted by Gasteiger charge is 2.42. The van der Waals surface area contributed by atoms with Gasteiger partial charge in [-0.25, -0.2) is 0 Å². The van der Waals surface area contributed by atoms with E-state index in [0.717, 1.165) is 5.56 Å². The number of carbonyl (C=O) groups excluding carboxylic acids is 1. The van der Waals surface area contributed by atoms with Gasteiger partial charge in [-0.1, -0.05) is 11.6 Å². The van der Waals surface area contributed by atoms with Crippen molar-refractivity contribution in [3.8, 4) is 5.75 Å². The fourth-order valence-corrected chi connectivity index (χ4v) is 4.60. The summed E-state index contributed by atoms with van der Waals surface area (Å²) in [5, 5.41) is 0.635. The highest BCUT2D eigenvalue weighted by Crippen LogP contribution is 2.61. The maximum atomic E-state index is 13.1. The summed E-state index contributed by atoms with van der Waals surface area (Å²) in [7, 11) is -3.75. The molecule has 0 radical (unpaired) electrons. The Morgan fingerprint density at radius 3 is 2.52 bits per heavy atom. The van der Waals surface area contributed by atoms with E-state index >= 15 is 0 Å². The standard InChI is InChI=1S/C20H26ClO7P/c1-4-26-29(23,27-5-2)20(18-8-6-12-25-18)28-19(22)9-7-13-24-17-11-10-16(21)14-15(17)3/h6,8,10-12,14,20H,4-5,7,9,13H2,1-3H3. The topological polar surface area (TPSA) is 84.2 Å². The number of hydrogen-bond donors (Lipinski definition) is 0. The fourth-order valence-electron chi connectivity index (χ4n) is 2.60. The predicted octanol–water partition coefficient (Wildman–Crippen LogP) is 5.91. The number of carbonyl (C=O) groups is 1. The average Bonchev–Trinajstić information content (AvgIpc) is 3.19. The summed E-state index contributed by atoms with van der Waals surface area (Å²) in [5.41, 5.74) is 0.910. The van der Waals surface area contributed by atoms with Crippen LogP contribution in [0.15, 0.2) is 41.0 Å². The first-order valence-corrected chi connectivity index (χ1v) is 11.4. The maximum Gasteiger partial charge on any atom is 0.378 e. The molecule has 1 unspecified atom stereocenters. The van der Waals surface area contributed by atoms with Crippen LogP contribution in [0.2, 0.25) is 5.02 Å². The molecule has 29 heavy (non-hydrogen) atoms. The Morgan fingerprint density at radius 2 is 1.93 bits per heavy atom. The molecule has 0 N–H and O–H groups in total. The Kier molecular flexibility index (Phi) is 9.24. The normalized spacial score (nSPS) is 12.6. The summed E-state index contributed by atoms with van der Waals surface area (Å²) in [6.07, 6.45) is 1.89. The van der Waals surface area contributed by atoms with Crippen molar-refractivity contribution < 1.29 is 32.3 Å². The highest BCUT2D eigenvalue weighted by molar-refractivity contribution is 7.54. The van der Waals surface area contributed by atoms with Crippen molar-refractivity contribution in [2.75, 3.05) is 19.8 Å². The van der Waals surface area contributed by atoms with E-state index in [2.05, 4.69) is 0 Å². The lowest BCUT2D eigenvalue weighted by atomic mass is 10.2. The Labute approximate surface area is 175 Å². The number of esters is 1. The number of ether oxygens (including phenoxy) is 2. The number of benzene rings is 1. The molecule has 2 aromatic rings. The van der Waals surface area contributed by atoms with E-state index < -0.39 is 19.4 Å². The van der Waals surface area contributed by atoms with Gasteiger partial charge >= 0.3 is 13.6 Å². The van der Waals surface area contributed by atoms with E-state index in [4.69, 9.17) is 34.5 Å². The second-order valence-electron chi connectivity index (χ2n) is 6.09. The van der Waals surface area contributed by atoms with Crippen LogP contribution in [-0.4, -0.2) is 25.8 Å². The number of halogens is 1. The fraction of sp³-hybridized carbons (Fsp3) is 0.450. The van der Waals surface area contributed by atoms with Gasteiger partial charge in [0.2, 0.25) is 0 Å². The quantitative estimate of drug-likeness (QED) is 0.228. The van der Waals surface area contributed by atoms with E-state index in [0.29, 0.717) is 23.8 Å². The molecule has 0 bridgehead atoms. The summed E-state index contributed by atoms with van der Waals surface area (Å²) in [4.78, 5) is 12.4. The minimum absolute atomic E-state index is 0.0715. The van der Waals surface area contributed by atoms with E-state index in [9.17, 15) is 9.36 Å². The Hall–Kier alpha value is -1.79. The summed E-state index contributed by atoms with van der Waals surface area (Å²) >= 11 is 5.92. The van der Waals surface area contributed by atoms with Gasteiger partial charge < -0.3 is 22.9 Å². The SMILES string of the molecule is CCOP(=O)(OCC)C(OC(=O)CCCOc1ccc(Cl)cc1C)c1ccco1. The van der Waals surface area contributed by atoms with Crippen molar-refractivity contribution in [2.24, 2.45) is 0 Å². The van der Waals surface area contributed by atoms with Crippen LogP contribution in [0, 0.1) is 6.92 Å². The lowest BCUT2D eigenvalue weighted by Gasteiger charge is -2.24. The van der Waals surface area contributed by atoms with Crippen molar-refractivity contribution in [3.05, 3.63) is 52.9 Å². The minimum atomic E-state index is -3.75. The smallest absolute Gasteiger partial charge is 0.378 e. The van der Waals surface area contributed by atoms with Crippen molar-refractivity contribution in [2.45, 2.75) is 39.5 Å². The number of furan rings is 1. The monoisotopic (exact) mass is 444 g/mol. The van der Waals surface area contributed by atoms with Crippen molar-refractivity contribution in [3.63, 3.8) is 0 Å². The molecule has 1 atom stereocenters. The first-order chi connectivity index (χ1) is 13.9. The van der Waals surface area contributed by atoms with Gasteiger partial charge in [-0.3, -0.25) is 9.36 Å². The Balaban J connectivity index is 1.95. The third kappa shape index (κ3) is 6.89. The Morgan fingerprint density at radius 1 is 1.21 bits per heavy atom. The minimum Gasteiger partial charge on any atom is -0.493 e. The third-order valence-electron chi connectivity index (χ3n) is 3.85. The molecule has 0 saturated heterocycles. The zero-order valence-corrected chi connectivity index (χ0v) is 18.4. The van der Waals surface area contributed by atoms with Crippen LogP contribution in [0.1, 0.15) is 43.9 Å². The second kappa shape index (κ2) is 11.4. The van der Waals surface area contributed by atoms with Gasteiger partial charge in [-0.15, -0.1) is 0 Å². The molecule has 9 heteroatoms. The molecule has 2 rings (SSSR count). The van der Waals surface area contributed by atoms with Gasteiger partial charge in [-0.05, 0) is 63.1 Å². The van der Waals surface area contributed by atoms with Crippen LogP contribution >= 0.6 is 19.2 Å². The van der Waals surface area contributed by atoms with Gasteiger partial charge in [0.25, 0.3) is 5.85 Å². The van der Waals surface area contributed by atoms with Crippen LogP contribution in [0.3, 0.4) is 0 Å². The molecule has 0 aliphatic rings. The first-order valence-electron chi connectivity index (χ1n) is 9.40. The largest absolute Gasteiger partial charge is 0.493 e. The number of rotatable bonds is 12. The lowest BCUT2D eigenvalue weighted by molar-refractivity contribution is -0.147. The summed E-state index contributed by atoms with van der Waals surface area (Å²) in [5.74, 6) is -0.906. The lowest BCUT2D eigenvalue weighted by Crippen LogP contribution is -2.15. The maximum absolute atomic E-state index is 13.1. The molecular weight excluding hydrogens is 419 g/mol. The summed E-state index contributed by atoms with van der Waals surface area (Å²) < 4.78 is 40.2. The first kappa shape index (κ1) is 23.5. The van der Waals surface area contributed by atoms with Crippen LogP contribution in [0.4, 0.5) is 0 Å². The predicted molar refractivity (Wildman–Crippen MR) is 109 cm³/mol. The molecule has 7 nitrogen and oxygen atoms in total. The highest BCUT2D eigenvalue weighted by atomic mass is 35.5. The van der Waals surface area contributed by atoms with Crippen LogP contribution in [0.25, 0.3) is 0 Å². The molecule has 0 amide bonds. The van der Waals surface area contributed by atoms with Crippen molar-refractivity contribution in [1.29, 1.82) is 0 Å². The van der Waals surface area contributed by atoms with Gasteiger partial charge in [-0.2, -0.15) is 0 Å². The van der Waals surface area contributed by atoms with Crippen LogP contribution in [-0.2, 0) is 23.1 Å². The van der Waals surface area contributed by atoms with Crippen molar-refractivity contribution in [1.82, 2.24) is 0 Å². The van der Waals surface area contributed by atoms with Crippen LogP contribution in [0.5, 0.6) is 5.75 Å². The van der Waals surface area contributed by atoms with Gasteiger partial charge in [0.15, 0.2) is 5.76 Å². The molecule has 0 aliphatic carbocycles. The molecule has 0 fully saturated rings. The summed E-state index contributed by atoms with van der Waals surface area (Å²) in [6.45, 7) is 5.85. The zero-order chi connectivity index (χ0) is 21.3.